The Balaban J connectivity index is 1.19. The van der Waals surface area contributed by atoms with E-state index in [0.717, 1.165) is 37.9 Å². The molecule has 1 atom stereocenters. The van der Waals surface area contributed by atoms with Crippen LogP contribution >= 0.6 is 0 Å². The van der Waals surface area contributed by atoms with E-state index in [1.807, 2.05) is 9.80 Å². The smallest absolute Gasteiger partial charge is 0.378 e. The molecule has 3 N–H and O–H groups in total. The van der Waals surface area contributed by atoms with E-state index >= 15 is 0 Å². The first-order chi connectivity index (χ1) is 18.8. The highest BCUT2D eigenvalue weighted by molar-refractivity contribution is 5.77. The Bertz CT molecular complexity index is 1230. The Hall–Kier alpha value is -3.47. The Morgan fingerprint density at radius 2 is 1.73 bits per heavy atom. The quantitative estimate of drug-likeness (QED) is 0.320. The fourth-order valence-corrected chi connectivity index (χ4v) is 4.96. The van der Waals surface area contributed by atoms with Crippen LogP contribution in [0, 0.1) is 5.41 Å². The zero-order valence-electron chi connectivity index (χ0n) is 21.4. The predicted molar refractivity (Wildman–Crippen MR) is 129 cm³/mol. The summed E-state index contributed by atoms with van der Waals surface area (Å²) in [4.78, 5) is 40.6. The van der Waals surface area contributed by atoms with Crippen LogP contribution in [0.5, 0.6) is 0 Å². The SMILES string of the molecule is C[C@@H](CONC(=O)CN1CCC2(CCN(c3ncc(C(F)(F)F)cn3)CC2)C1)Nc1cn[nH]c(=O)c1C(F)(F)F. The van der Waals surface area contributed by atoms with Crippen LogP contribution in [0.2, 0.25) is 0 Å². The van der Waals surface area contributed by atoms with E-state index in [1.165, 1.54) is 6.92 Å². The van der Waals surface area contributed by atoms with Crippen molar-refractivity contribution in [3.05, 3.63) is 40.1 Å². The van der Waals surface area contributed by atoms with E-state index in [0.29, 0.717) is 26.2 Å². The van der Waals surface area contributed by atoms with E-state index in [9.17, 15) is 35.9 Å². The third-order valence-electron chi connectivity index (χ3n) is 7.02. The molecule has 0 radical (unpaired) electrons. The van der Waals surface area contributed by atoms with Gasteiger partial charge in [0.2, 0.25) is 5.95 Å². The van der Waals surface area contributed by atoms with Crippen molar-refractivity contribution in [2.45, 2.75) is 44.6 Å². The largest absolute Gasteiger partial charge is 0.423 e. The summed E-state index contributed by atoms with van der Waals surface area (Å²) >= 11 is 0. The van der Waals surface area contributed by atoms with E-state index in [1.54, 1.807) is 5.10 Å². The molecule has 2 fully saturated rings. The summed E-state index contributed by atoms with van der Waals surface area (Å²) in [7, 11) is 0. The van der Waals surface area contributed by atoms with Gasteiger partial charge in [0.1, 0.15) is 5.56 Å². The molecule has 4 heterocycles. The number of hydrogen-bond donors (Lipinski definition) is 3. The van der Waals surface area contributed by atoms with E-state index in [4.69, 9.17) is 4.84 Å². The van der Waals surface area contributed by atoms with Gasteiger partial charge >= 0.3 is 12.4 Å². The normalized spacial score (nSPS) is 18.6. The number of carbonyl (C=O) groups is 1. The molecule has 2 saturated heterocycles. The molecule has 2 aliphatic rings. The lowest BCUT2D eigenvalue weighted by atomic mass is 9.78. The van der Waals surface area contributed by atoms with Gasteiger partial charge in [-0.2, -0.15) is 31.4 Å². The van der Waals surface area contributed by atoms with Crippen molar-refractivity contribution in [2.75, 3.05) is 49.5 Å². The molecular formula is C23H28F6N8O3. The minimum atomic E-state index is -4.88. The predicted octanol–water partition coefficient (Wildman–Crippen LogP) is 2.44. The zero-order chi connectivity index (χ0) is 29.1. The van der Waals surface area contributed by atoms with Crippen LogP contribution in [-0.4, -0.2) is 76.3 Å². The maximum atomic E-state index is 13.2. The number of hydroxylamine groups is 1. The highest BCUT2D eigenvalue weighted by Crippen LogP contribution is 2.41. The third kappa shape index (κ3) is 7.18. The van der Waals surface area contributed by atoms with Crippen molar-refractivity contribution >= 4 is 17.5 Å². The molecule has 0 aromatic carbocycles. The van der Waals surface area contributed by atoms with Crippen LogP contribution in [0.25, 0.3) is 0 Å². The number of aromatic nitrogens is 4. The monoisotopic (exact) mass is 578 g/mol. The van der Waals surface area contributed by atoms with Gasteiger partial charge in [0.05, 0.1) is 30.6 Å². The van der Waals surface area contributed by atoms with Gasteiger partial charge in [0.15, 0.2) is 0 Å². The van der Waals surface area contributed by atoms with E-state index in [-0.39, 0.29) is 24.5 Å². The number of halogens is 6. The van der Waals surface area contributed by atoms with Crippen molar-refractivity contribution in [1.29, 1.82) is 0 Å². The fourth-order valence-electron chi connectivity index (χ4n) is 4.96. The first-order valence-corrected chi connectivity index (χ1v) is 12.4. The van der Waals surface area contributed by atoms with Gasteiger partial charge in [-0.1, -0.05) is 0 Å². The number of H-pyrrole nitrogens is 1. The van der Waals surface area contributed by atoms with Crippen LogP contribution in [-0.2, 0) is 22.0 Å². The summed E-state index contributed by atoms with van der Waals surface area (Å²) in [5.41, 5.74) is -1.92. The number of amides is 1. The summed E-state index contributed by atoms with van der Waals surface area (Å²) in [5, 5.41) is 7.65. The summed E-state index contributed by atoms with van der Waals surface area (Å²) in [5.74, 6) is -0.170. The van der Waals surface area contributed by atoms with Crippen molar-refractivity contribution in [3.8, 4) is 0 Å². The van der Waals surface area contributed by atoms with E-state index < -0.39 is 46.7 Å². The highest BCUT2D eigenvalue weighted by atomic mass is 19.4. The maximum Gasteiger partial charge on any atom is 0.423 e. The second kappa shape index (κ2) is 11.6. The minimum Gasteiger partial charge on any atom is -0.378 e. The molecular weight excluding hydrogens is 550 g/mol. The molecule has 0 unspecified atom stereocenters. The van der Waals surface area contributed by atoms with Crippen LogP contribution < -0.4 is 21.3 Å². The molecule has 0 saturated carbocycles. The zero-order valence-corrected chi connectivity index (χ0v) is 21.4. The average Bonchev–Trinajstić information content (AvgIpc) is 3.24. The number of carbonyl (C=O) groups excluding carboxylic acids is 1. The number of nitrogens with zero attached hydrogens (tertiary/aromatic N) is 5. The summed E-state index contributed by atoms with van der Waals surface area (Å²) < 4.78 is 77.8. The Kier molecular flexibility index (Phi) is 8.53. The lowest BCUT2D eigenvalue weighted by Crippen LogP contribution is -2.43. The molecule has 220 valence electrons. The van der Waals surface area contributed by atoms with Crippen LogP contribution in [0.15, 0.2) is 23.4 Å². The summed E-state index contributed by atoms with van der Waals surface area (Å²) in [6.45, 7) is 3.90. The van der Waals surface area contributed by atoms with E-state index in [2.05, 4.69) is 25.9 Å². The number of aromatic amines is 1. The minimum absolute atomic E-state index is 0.0280. The van der Waals surface area contributed by atoms with Gasteiger partial charge in [-0.3, -0.25) is 19.3 Å². The second-order valence-corrected chi connectivity index (χ2v) is 10.1. The highest BCUT2D eigenvalue weighted by Gasteiger charge is 2.42. The molecule has 2 aromatic rings. The van der Waals surface area contributed by atoms with Crippen molar-refractivity contribution in [3.63, 3.8) is 0 Å². The van der Waals surface area contributed by atoms with Crippen molar-refractivity contribution < 1.29 is 36.0 Å². The van der Waals surface area contributed by atoms with Crippen molar-refractivity contribution in [2.24, 2.45) is 5.41 Å². The fraction of sp³-hybridized carbons (Fsp3) is 0.609. The van der Waals surface area contributed by atoms with Crippen LogP contribution in [0.4, 0.5) is 38.0 Å². The van der Waals surface area contributed by atoms with Crippen molar-refractivity contribution in [1.82, 2.24) is 30.5 Å². The van der Waals surface area contributed by atoms with Gasteiger partial charge in [0, 0.05) is 38.1 Å². The van der Waals surface area contributed by atoms with Crippen LogP contribution in [0.1, 0.15) is 37.3 Å². The number of anilines is 2. The van der Waals surface area contributed by atoms with Gasteiger partial charge < -0.3 is 10.2 Å². The molecule has 2 aliphatic heterocycles. The van der Waals surface area contributed by atoms with Crippen LogP contribution in [0.3, 0.4) is 0 Å². The third-order valence-corrected chi connectivity index (χ3v) is 7.02. The lowest BCUT2D eigenvalue weighted by molar-refractivity contribution is -0.139. The molecule has 0 aliphatic carbocycles. The lowest BCUT2D eigenvalue weighted by Gasteiger charge is -2.39. The first kappa shape index (κ1) is 29.5. The number of nitrogens with one attached hydrogen (secondary N) is 3. The Labute approximate surface area is 224 Å². The van der Waals surface area contributed by atoms with Gasteiger partial charge in [-0.25, -0.2) is 20.5 Å². The van der Waals surface area contributed by atoms with Gasteiger partial charge in [-0.05, 0) is 38.1 Å². The summed E-state index contributed by atoms with van der Waals surface area (Å²) in [6.07, 6.45) is -4.57. The molecule has 4 rings (SSSR count). The topological polar surface area (TPSA) is 128 Å². The molecule has 17 heteroatoms. The second-order valence-electron chi connectivity index (χ2n) is 10.1. The first-order valence-electron chi connectivity index (χ1n) is 12.4. The average molecular weight is 579 g/mol. The number of rotatable bonds is 8. The maximum absolute atomic E-state index is 13.2. The van der Waals surface area contributed by atoms with Gasteiger partial charge in [0.25, 0.3) is 11.5 Å². The molecule has 40 heavy (non-hydrogen) atoms. The Morgan fingerprint density at radius 1 is 1.07 bits per heavy atom. The molecule has 1 spiro atoms. The molecule has 1 amide bonds. The standard InChI is InChI=1S/C23H28F6N8O3/c1-14(33-16-10-32-34-19(39)18(16)23(27,28)29)12-40-35-17(38)11-36-5-2-21(13-36)3-6-37(7-4-21)20-30-8-15(9-31-20)22(24,25)26/h8-10,14H,2-7,11-13H2,1H3,(H,35,38)(H2,33,34,39)/t14-/m0/s1. The Morgan fingerprint density at radius 3 is 2.35 bits per heavy atom. The number of piperidine rings is 1. The number of alkyl halides is 6. The number of hydrogen-bond acceptors (Lipinski definition) is 9. The molecule has 2 aromatic heterocycles. The van der Waals surface area contributed by atoms with Gasteiger partial charge in [-0.15, -0.1) is 0 Å². The number of likely N-dealkylation sites (tertiary alicyclic amines) is 1. The molecule has 0 bridgehead atoms. The molecule has 11 nitrogen and oxygen atoms in total. The summed E-state index contributed by atoms with van der Waals surface area (Å²) in [6, 6.07) is -0.695.